The van der Waals surface area contributed by atoms with Crippen LogP contribution in [0.15, 0.2) is 0 Å². The number of carbonyl (C=O) groups is 1. The van der Waals surface area contributed by atoms with E-state index in [9.17, 15) is 9.90 Å². The number of carbonyl (C=O) groups excluding carboxylic acids is 1. The first-order valence-corrected chi connectivity index (χ1v) is 4.46. The molecule has 1 aliphatic rings. The van der Waals surface area contributed by atoms with Crippen LogP contribution in [-0.2, 0) is 4.79 Å². The minimum atomic E-state index is -0.386. The number of rotatable bonds is 2. The zero-order valence-corrected chi connectivity index (χ0v) is 7.05. The Labute approximate surface area is 67.6 Å². The molecule has 2 heteroatoms. The molecular weight excluding hydrogens is 140 g/mol. The Balaban J connectivity index is 2.47. The molecule has 0 aromatic carbocycles. The Morgan fingerprint density at radius 2 is 2.36 bits per heavy atom. The van der Waals surface area contributed by atoms with Gasteiger partial charge in [0.15, 0.2) is 0 Å². The summed E-state index contributed by atoms with van der Waals surface area (Å²) in [6.45, 7) is 1.92. The van der Waals surface area contributed by atoms with Crippen molar-refractivity contribution in [3.05, 3.63) is 0 Å². The fourth-order valence-electron chi connectivity index (χ4n) is 1.70. The minimum absolute atomic E-state index is 0.0475. The van der Waals surface area contributed by atoms with Crippen LogP contribution in [0.3, 0.4) is 0 Å². The molecule has 0 heterocycles. The standard InChI is InChI=1S/C9H16O2/c1-2-8(10)7-5-3-4-6-9(7)11/h7-8,10H,2-6H2,1H3. The van der Waals surface area contributed by atoms with Gasteiger partial charge in [0.25, 0.3) is 0 Å². The van der Waals surface area contributed by atoms with Crippen molar-refractivity contribution in [1.82, 2.24) is 0 Å². The fraction of sp³-hybridized carbons (Fsp3) is 0.889. The van der Waals surface area contributed by atoms with Gasteiger partial charge in [0.05, 0.1) is 6.10 Å². The molecule has 0 radical (unpaired) electrons. The smallest absolute Gasteiger partial charge is 0.138 e. The maximum atomic E-state index is 11.2. The van der Waals surface area contributed by atoms with Gasteiger partial charge in [-0.15, -0.1) is 0 Å². The van der Waals surface area contributed by atoms with E-state index < -0.39 is 0 Å². The molecule has 2 nitrogen and oxygen atoms in total. The summed E-state index contributed by atoms with van der Waals surface area (Å²) in [7, 11) is 0. The lowest BCUT2D eigenvalue weighted by atomic mass is 9.83. The van der Waals surface area contributed by atoms with Crippen molar-refractivity contribution in [2.45, 2.75) is 45.1 Å². The van der Waals surface area contributed by atoms with E-state index in [0.717, 1.165) is 19.3 Å². The molecule has 0 amide bonds. The summed E-state index contributed by atoms with van der Waals surface area (Å²) >= 11 is 0. The molecule has 2 atom stereocenters. The van der Waals surface area contributed by atoms with Crippen LogP contribution in [0.1, 0.15) is 39.0 Å². The van der Waals surface area contributed by atoms with E-state index in [-0.39, 0.29) is 17.8 Å². The molecule has 1 fully saturated rings. The van der Waals surface area contributed by atoms with Crippen LogP contribution >= 0.6 is 0 Å². The van der Waals surface area contributed by atoms with Gasteiger partial charge in [0.2, 0.25) is 0 Å². The summed E-state index contributed by atoms with van der Waals surface area (Å²) in [5, 5.41) is 9.43. The van der Waals surface area contributed by atoms with Crippen LogP contribution in [0.4, 0.5) is 0 Å². The lowest BCUT2D eigenvalue weighted by Gasteiger charge is -2.24. The normalized spacial score (nSPS) is 28.5. The van der Waals surface area contributed by atoms with Gasteiger partial charge in [-0.3, -0.25) is 4.79 Å². The molecule has 64 valence electrons. The molecule has 1 saturated carbocycles. The van der Waals surface area contributed by atoms with Crippen LogP contribution in [0, 0.1) is 5.92 Å². The zero-order valence-electron chi connectivity index (χ0n) is 7.05. The number of aliphatic hydroxyl groups is 1. The van der Waals surface area contributed by atoms with Crippen molar-refractivity contribution < 1.29 is 9.90 Å². The number of hydrogen-bond donors (Lipinski definition) is 1. The lowest BCUT2D eigenvalue weighted by Crippen LogP contribution is -2.30. The first kappa shape index (κ1) is 8.72. The van der Waals surface area contributed by atoms with Crippen molar-refractivity contribution in [1.29, 1.82) is 0 Å². The van der Waals surface area contributed by atoms with Gasteiger partial charge in [0, 0.05) is 12.3 Å². The van der Waals surface area contributed by atoms with E-state index in [1.807, 2.05) is 6.92 Å². The maximum absolute atomic E-state index is 11.2. The van der Waals surface area contributed by atoms with Gasteiger partial charge >= 0.3 is 0 Å². The van der Waals surface area contributed by atoms with Crippen LogP contribution in [0.25, 0.3) is 0 Å². The quantitative estimate of drug-likeness (QED) is 0.658. The summed E-state index contributed by atoms with van der Waals surface area (Å²) in [6.07, 6.45) is 4.02. The molecule has 0 aromatic rings. The molecule has 1 aliphatic carbocycles. The summed E-state index contributed by atoms with van der Waals surface area (Å²) in [4.78, 5) is 11.2. The van der Waals surface area contributed by atoms with Gasteiger partial charge in [0.1, 0.15) is 5.78 Å². The van der Waals surface area contributed by atoms with E-state index in [0.29, 0.717) is 12.8 Å². The summed E-state index contributed by atoms with van der Waals surface area (Å²) in [5.41, 5.74) is 0. The maximum Gasteiger partial charge on any atom is 0.138 e. The van der Waals surface area contributed by atoms with E-state index in [1.54, 1.807) is 0 Å². The van der Waals surface area contributed by atoms with Crippen LogP contribution in [-0.4, -0.2) is 17.0 Å². The fourth-order valence-corrected chi connectivity index (χ4v) is 1.70. The SMILES string of the molecule is CCC(O)C1CCCCC1=O. The summed E-state index contributed by atoms with van der Waals surface area (Å²) in [6, 6.07) is 0. The number of aliphatic hydroxyl groups excluding tert-OH is 1. The predicted molar refractivity (Wildman–Crippen MR) is 43.3 cm³/mol. The minimum Gasteiger partial charge on any atom is -0.392 e. The number of Topliss-reactive ketones (excluding diaryl/α,β-unsaturated/α-hetero) is 1. The first-order chi connectivity index (χ1) is 5.25. The van der Waals surface area contributed by atoms with Crippen molar-refractivity contribution in [3.63, 3.8) is 0 Å². The van der Waals surface area contributed by atoms with Gasteiger partial charge < -0.3 is 5.11 Å². The van der Waals surface area contributed by atoms with Crippen LogP contribution < -0.4 is 0 Å². The van der Waals surface area contributed by atoms with Crippen molar-refractivity contribution in [3.8, 4) is 0 Å². The van der Waals surface area contributed by atoms with Crippen molar-refractivity contribution in [2.24, 2.45) is 5.92 Å². The average Bonchev–Trinajstić information content (AvgIpc) is 2.04. The number of ketones is 1. The highest BCUT2D eigenvalue weighted by atomic mass is 16.3. The third kappa shape index (κ3) is 2.03. The Morgan fingerprint density at radius 1 is 1.64 bits per heavy atom. The second kappa shape index (κ2) is 3.86. The van der Waals surface area contributed by atoms with Gasteiger partial charge in [-0.1, -0.05) is 13.3 Å². The van der Waals surface area contributed by atoms with E-state index in [4.69, 9.17) is 0 Å². The molecule has 1 rings (SSSR count). The third-order valence-electron chi connectivity index (χ3n) is 2.48. The Morgan fingerprint density at radius 3 is 2.91 bits per heavy atom. The molecule has 2 unspecified atom stereocenters. The summed E-state index contributed by atoms with van der Waals surface area (Å²) < 4.78 is 0. The highest BCUT2D eigenvalue weighted by Gasteiger charge is 2.27. The van der Waals surface area contributed by atoms with Gasteiger partial charge in [-0.05, 0) is 19.3 Å². The highest BCUT2D eigenvalue weighted by molar-refractivity contribution is 5.82. The van der Waals surface area contributed by atoms with Crippen LogP contribution in [0.5, 0.6) is 0 Å². The molecule has 1 N–H and O–H groups in total. The molecule has 0 spiro atoms. The average molecular weight is 156 g/mol. The predicted octanol–water partition coefficient (Wildman–Crippen LogP) is 1.52. The van der Waals surface area contributed by atoms with Gasteiger partial charge in [-0.25, -0.2) is 0 Å². The van der Waals surface area contributed by atoms with E-state index in [2.05, 4.69) is 0 Å². The second-order valence-electron chi connectivity index (χ2n) is 3.29. The molecule has 0 bridgehead atoms. The van der Waals surface area contributed by atoms with E-state index >= 15 is 0 Å². The topological polar surface area (TPSA) is 37.3 Å². The number of hydrogen-bond acceptors (Lipinski definition) is 2. The highest BCUT2D eigenvalue weighted by Crippen LogP contribution is 2.24. The molecule has 0 aromatic heterocycles. The molecular formula is C9H16O2. The van der Waals surface area contributed by atoms with Gasteiger partial charge in [-0.2, -0.15) is 0 Å². The Hall–Kier alpha value is -0.370. The lowest BCUT2D eigenvalue weighted by molar-refractivity contribution is -0.128. The third-order valence-corrected chi connectivity index (χ3v) is 2.48. The van der Waals surface area contributed by atoms with Crippen molar-refractivity contribution in [2.75, 3.05) is 0 Å². The molecule has 11 heavy (non-hydrogen) atoms. The Kier molecular flexibility index (Phi) is 3.06. The van der Waals surface area contributed by atoms with Crippen LogP contribution in [0.2, 0.25) is 0 Å². The zero-order chi connectivity index (χ0) is 8.27. The first-order valence-electron chi connectivity index (χ1n) is 4.46. The summed E-state index contributed by atoms with van der Waals surface area (Å²) in [5.74, 6) is 0.222. The molecule has 0 saturated heterocycles. The second-order valence-corrected chi connectivity index (χ2v) is 3.29. The monoisotopic (exact) mass is 156 g/mol. The van der Waals surface area contributed by atoms with Crippen molar-refractivity contribution >= 4 is 5.78 Å². The Bertz CT molecular complexity index is 142. The molecule has 0 aliphatic heterocycles. The van der Waals surface area contributed by atoms with E-state index in [1.165, 1.54) is 0 Å². The largest absolute Gasteiger partial charge is 0.392 e.